The first-order chi connectivity index (χ1) is 20.5. The SMILES string of the molecule is CCCCCC/C=C/CC/C=C/[C@@H](O)[C@H](COP(=O)([O-])OCC[N+](C)(C)C)NC(=O)CCCCCCCCCCCCC. The molecule has 0 radical (unpaired) electrons. The van der Waals surface area contributed by atoms with Gasteiger partial charge in [-0.25, -0.2) is 0 Å². The Balaban J connectivity index is 4.66. The van der Waals surface area contributed by atoms with Crippen LogP contribution in [0.2, 0.25) is 0 Å². The van der Waals surface area contributed by atoms with Crippen LogP contribution in [0.3, 0.4) is 0 Å². The first-order valence-electron chi connectivity index (χ1n) is 17.2. The van der Waals surface area contributed by atoms with E-state index < -0.39 is 26.6 Å². The number of hydrogen-bond donors (Lipinski definition) is 2. The van der Waals surface area contributed by atoms with E-state index in [2.05, 4.69) is 31.3 Å². The highest BCUT2D eigenvalue weighted by molar-refractivity contribution is 7.45. The zero-order chi connectivity index (χ0) is 32.2. The Morgan fingerprint density at radius 2 is 1.30 bits per heavy atom. The number of unbranched alkanes of at least 4 members (excludes halogenated alkanes) is 15. The highest BCUT2D eigenvalue weighted by atomic mass is 31.2. The van der Waals surface area contributed by atoms with Crippen LogP contribution in [0.15, 0.2) is 24.3 Å². The van der Waals surface area contributed by atoms with Crippen LogP contribution < -0.4 is 10.2 Å². The lowest BCUT2D eigenvalue weighted by Crippen LogP contribution is -2.45. The van der Waals surface area contributed by atoms with Crippen LogP contribution in [0.4, 0.5) is 0 Å². The van der Waals surface area contributed by atoms with Gasteiger partial charge in [0.05, 0.1) is 39.9 Å². The second-order valence-corrected chi connectivity index (χ2v) is 14.3. The molecule has 0 aliphatic carbocycles. The number of rotatable bonds is 30. The lowest BCUT2D eigenvalue weighted by Gasteiger charge is -2.29. The van der Waals surface area contributed by atoms with Crippen LogP contribution in [0, 0.1) is 0 Å². The van der Waals surface area contributed by atoms with Crippen molar-refractivity contribution in [2.75, 3.05) is 40.9 Å². The maximum atomic E-state index is 12.7. The Morgan fingerprint density at radius 1 is 0.791 bits per heavy atom. The molecule has 0 aliphatic heterocycles. The summed E-state index contributed by atoms with van der Waals surface area (Å²) in [5, 5.41) is 13.6. The molecular formula is C34H67N2O6P. The maximum absolute atomic E-state index is 12.7. The van der Waals surface area contributed by atoms with E-state index in [1.165, 1.54) is 77.0 Å². The number of amides is 1. The number of carbonyl (C=O) groups is 1. The van der Waals surface area contributed by atoms with Gasteiger partial charge in [-0.3, -0.25) is 9.36 Å². The number of aliphatic hydroxyl groups is 1. The van der Waals surface area contributed by atoms with Crippen molar-refractivity contribution in [3.05, 3.63) is 24.3 Å². The van der Waals surface area contributed by atoms with Gasteiger partial charge in [-0.15, -0.1) is 0 Å². The fourth-order valence-corrected chi connectivity index (χ4v) is 5.30. The zero-order valence-corrected chi connectivity index (χ0v) is 29.3. The Hall–Kier alpha value is -1.02. The highest BCUT2D eigenvalue weighted by Gasteiger charge is 2.23. The second kappa shape index (κ2) is 27.3. The van der Waals surface area contributed by atoms with E-state index in [1.807, 2.05) is 27.2 Å². The molecule has 0 heterocycles. The fraction of sp³-hybridized carbons (Fsp3) is 0.853. The van der Waals surface area contributed by atoms with Crippen LogP contribution in [0.1, 0.15) is 136 Å². The molecule has 0 aromatic carbocycles. The summed E-state index contributed by atoms with van der Waals surface area (Å²) in [4.78, 5) is 25.0. The van der Waals surface area contributed by atoms with Crippen LogP contribution >= 0.6 is 7.82 Å². The van der Waals surface area contributed by atoms with Crippen LogP contribution in [-0.2, 0) is 18.4 Å². The van der Waals surface area contributed by atoms with Crippen molar-refractivity contribution in [1.82, 2.24) is 5.32 Å². The molecule has 0 aromatic rings. The number of nitrogens with one attached hydrogen (secondary N) is 1. The van der Waals surface area contributed by atoms with Gasteiger partial charge in [-0.2, -0.15) is 0 Å². The summed E-state index contributed by atoms with van der Waals surface area (Å²) in [6, 6.07) is -0.894. The molecule has 0 fully saturated rings. The summed E-state index contributed by atoms with van der Waals surface area (Å²) in [6.07, 6.45) is 27.9. The van der Waals surface area contributed by atoms with Gasteiger partial charge in [-0.05, 0) is 32.1 Å². The van der Waals surface area contributed by atoms with Crippen molar-refractivity contribution in [2.24, 2.45) is 0 Å². The number of phosphoric ester groups is 1. The van der Waals surface area contributed by atoms with Crippen LogP contribution in [0.5, 0.6) is 0 Å². The number of likely N-dealkylation sites (N-methyl/N-ethyl adjacent to an activating group) is 1. The third-order valence-corrected chi connectivity index (χ3v) is 8.38. The predicted octanol–water partition coefficient (Wildman–Crippen LogP) is 7.60. The number of allylic oxidation sites excluding steroid dienone is 3. The first-order valence-corrected chi connectivity index (χ1v) is 18.7. The quantitative estimate of drug-likeness (QED) is 0.0366. The molecule has 2 N–H and O–H groups in total. The molecular weight excluding hydrogens is 563 g/mol. The van der Waals surface area contributed by atoms with Crippen molar-refractivity contribution in [1.29, 1.82) is 0 Å². The molecule has 1 unspecified atom stereocenters. The van der Waals surface area contributed by atoms with Crippen molar-refractivity contribution < 1.29 is 32.9 Å². The normalized spacial score (nSPS) is 15.2. The summed E-state index contributed by atoms with van der Waals surface area (Å²) >= 11 is 0. The minimum absolute atomic E-state index is 0.00522. The molecule has 1 amide bonds. The number of carbonyl (C=O) groups excluding carboxylic acids is 1. The van der Waals surface area contributed by atoms with E-state index in [0.29, 0.717) is 17.4 Å². The number of nitrogens with zero attached hydrogens (tertiary/aromatic N) is 1. The number of hydrogen-bond acceptors (Lipinski definition) is 6. The summed E-state index contributed by atoms with van der Waals surface area (Å²) in [7, 11) is 1.24. The van der Waals surface area contributed by atoms with Crippen molar-refractivity contribution in [3.63, 3.8) is 0 Å². The molecule has 254 valence electrons. The summed E-state index contributed by atoms with van der Waals surface area (Å²) in [5.74, 6) is -0.213. The zero-order valence-electron chi connectivity index (χ0n) is 28.4. The Labute approximate surface area is 264 Å². The maximum Gasteiger partial charge on any atom is 0.268 e. The Bertz CT molecular complexity index is 768. The van der Waals surface area contributed by atoms with Gasteiger partial charge in [0.15, 0.2) is 0 Å². The Kier molecular flexibility index (Phi) is 26.7. The number of phosphoric acid groups is 1. The van der Waals surface area contributed by atoms with Gasteiger partial charge in [0.2, 0.25) is 5.91 Å². The summed E-state index contributed by atoms with van der Waals surface area (Å²) in [5.41, 5.74) is 0. The topological polar surface area (TPSA) is 108 Å². The standard InChI is InChI=1S/C34H67N2O6P/c1-6-8-10-12-14-16-18-20-22-24-26-28-34(38)35-32(31-42-43(39,40)41-30-29-36(3,4)5)33(37)27-25-23-21-19-17-15-13-11-9-7-2/h17,19,25,27,32-33,37H,6-16,18,20-24,26,28-31H2,1-5H3,(H-,35,38,39,40)/b19-17+,27-25+/t32-,33+/m0/s1. The van der Waals surface area contributed by atoms with E-state index in [9.17, 15) is 19.4 Å². The van der Waals surface area contributed by atoms with Crippen LogP contribution in [0.25, 0.3) is 0 Å². The summed E-state index contributed by atoms with van der Waals surface area (Å²) < 4.78 is 22.9. The molecule has 0 rings (SSSR count). The third-order valence-electron chi connectivity index (χ3n) is 7.41. The second-order valence-electron chi connectivity index (χ2n) is 12.9. The van der Waals surface area contributed by atoms with Crippen molar-refractivity contribution in [3.8, 4) is 0 Å². The van der Waals surface area contributed by atoms with E-state index in [-0.39, 0.29) is 12.5 Å². The minimum atomic E-state index is -4.57. The van der Waals surface area contributed by atoms with Crippen molar-refractivity contribution in [2.45, 2.75) is 148 Å². The molecule has 3 atom stereocenters. The van der Waals surface area contributed by atoms with Gasteiger partial charge in [0, 0.05) is 6.42 Å². The predicted molar refractivity (Wildman–Crippen MR) is 178 cm³/mol. The van der Waals surface area contributed by atoms with E-state index >= 15 is 0 Å². The van der Waals surface area contributed by atoms with Gasteiger partial charge in [-0.1, -0.05) is 122 Å². The molecule has 43 heavy (non-hydrogen) atoms. The molecule has 0 spiro atoms. The lowest BCUT2D eigenvalue weighted by molar-refractivity contribution is -0.870. The highest BCUT2D eigenvalue weighted by Crippen LogP contribution is 2.38. The molecule has 0 aliphatic rings. The van der Waals surface area contributed by atoms with E-state index in [4.69, 9.17) is 9.05 Å². The molecule has 0 saturated heterocycles. The third kappa shape index (κ3) is 29.5. The van der Waals surface area contributed by atoms with Gasteiger partial charge in [0.25, 0.3) is 7.82 Å². The molecule has 9 heteroatoms. The number of aliphatic hydroxyl groups excluding tert-OH is 1. The smallest absolute Gasteiger partial charge is 0.268 e. The summed E-state index contributed by atoms with van der Waals surface area (Å²) in [6.45, 7) is 4.54. The molecule has 0 bridgehead atoms. The minimum Gasteiger partial charge on any atom is -0.756 e. The fourth-order valence-electron chi connectivity index (χ4n) is 4.58. The average molecular weight is 631 g/mol. The molecule has 0 aromatic heterocycles. The van der Waals surface area contributed by atoms with E-state index in [0.717, 1.165) is 38.5 Å². The first kappa shape index (κ1) is 42.0. The van der Waals surface area contributed by atoms with Crippen LogP contribution in [-0.4, -0.2) is 68.5 Å². The monoisotopic (exact) mass is 630 g/mol. The number of quaternary nitrogens is 1. The van der Waals surface area contributed by atoms with Gasteiger partial charge < -0.3 is 28.8 Å². The molecule has 0 saturated carbocycles. The molecule has 8 nitrogen and oxygen atoms in total. The van der Waals surface area contributed by atoms with Gasteiger partial charge in [0.1, 0.15) is 13.2 Å². The largest absolute Gasteiger partial charge is 0.756 e. The van der Waals surface area contributed by atoms with Gasteiger partial charge >= 0.3 is 0 Å². The lowest BCUT2D eigenvalue weighted by atomic mass is 10.0. The average Bonchev–Trinajstić information content (AvgIpc) is 2.94. The van der Waals surface area contributed by atoms with E-state index in [1.54, 1.807) is 6.08 Å². The van der Waals surface area contributed by atoms with Crippen molar-refractivity contribution >= 4 is 13.7 Å². The Morgan fingerprint density at radius 3 is 1.88 bits per heavy atom.